The maximum atomic E-state index is 10.6. The second-order valence-electron chi connectivity index (χ2n) is 2.80. The minimum absolute atomic E-state index is 0.103. The smallest absolute Gasteiger partial charge is 0.310 e. The Labute approximate surface area is 54.2 Å². The second-order valence-corrected chi connectivity index (χ2v) is 2.80. The average Bonchev–Trinajstić information content (AvgIpc) is 2.11. The van der Waals surface area contributed by atoms with Gasteiger partial charge in [-0.1, -0.05) is 0 Å². The van der Waals surface area contributed by atoms with Crippen LogP contribution in [0, 0.1) is 12.3 Å². The molecule has 2 atom stereocenters. The number of hydrogen-bond acceptors (Lipinski definition) is 2. The number of rotatable bonds is 0. The summed E-state index contributed by atoms with van der Waals surface area (Å²) < 4.78 is 4.98. The first-order chi connectivity index (χ1) is 4.34. The Morgan fingerprint density at radius 3 is 3.22 bits per heavy atom. The molecule has 0 N–H and O–H groups in total. The number of esters is 1. The lowest BCUT2D eigenvalue weighted by molar-refractivity contribution is -0.147. The van der Waals surface area contributed by atoms with Crippen molar-refractivity contribution in [2.75, 3.05) is 0 Å². The number of carbonyl (C=O) groups is 1. The van der Waals surface area contributed by atoms with E-state index < -0.39 is 0 Å². The van der Waals surface area contributed by atoms with Crippen molar-refractivity contribution in [1.82, 2.24) is 0 Å². The Kier molecular flexibility index (Phi) is 1.01. The number of hydrogen-bond donors (Lipinski definition) is 0. The fourth-order valence-electron chi connectivity index (χ4n) is 1.63. The van der Waals surface area contributed by atoms with Crippen LogP contribution in [0.5, 0.6) is 0 Å². The molecule has 9 heavy (non-hydrogen) atoms. The van der Waals surface area contributed by atoms with Gasteiger partial charge in [0.1, 0.15) is 6.10 Å². The van der Waals surface area contributed by atoms with E-state index in [-0.39, 0.29) is 12.1 Å². The molecule has 0 aromatic carbocycles. The van der Waals surface area contributed by atoms with Gasteiger partial charge in [0, 0.05) is 0 Å². The van der Waals surface area contributed by atoms with E-state index in [1.807, 2.05) is 0 Å². The largest absolute Gasteiger partial charge is 0.462 e. The second kappa shape index (κ2) is 1.72. The average molecular weight is 125 g/mol. The Hall–Kier alpha value is -0.530. The van der Waals surface area contributed by atoms with Crippen molar-refractivity contribution in [2.45, 2.75) is 25.4 Å². The molecule has 1 aliphatic heterocycles. The summed E-state index contributed by atoms with van der Waals surface area (Å²) in [5, 5.41) is 0. The van der Waals surface area contributed by atoms with Crippen molar-refractivity contribution in [3.05, 3.63) is 6.42 Å². The van der Waals surface area contributed by atoms with Crippen molar-refractivity contribution in [2.24, 2.45) is 5.92 Å². The van der Waals surface area contributed by atoms with Crippen LogP contribution in [0.4, 0.5) is 0 Å². The first kappa shape index (κ1) is 5.27. The summed E-state index contributed by atoms with van der Waals surface area (Å²) in [5.74, 6) is 0.435. The van der Waals surface area contributed by atoms with Gasteiger partial charge in [-0.25, -0.2) is 0 Å². The molecule has 0 amide bonds. The molecule has 2 aliphatic rings. The van der Waals surface area contributed by atoms with Gasteiger partial charge in [0.2, 0.25) is 0 Å². The first-order valence-corrected chi connectivity index (χ1v) is 3.40. The number of carbonyl (C=O) groups excluding carboxylic acids is 1. The third kappa shape index (κ3) is 0.824. The molecule has 1 aliphatic carbocycles. The number of ether oxygens (including phenoxy) is 1. The van der Waals surface area contributed by atoms with Crippen LogP contribution in [0.1, 0.15) is 19.3 Å². The van der Waals surface area contributed by atoms with Crippen LogP contribution in [0.3, 0.4) is 0 Å². The molecule has 2 bridgehead atoms. The lowest BCUT2D eigenvalue weighted by Gasteiger charge is -2.17. The summed E-state index contributed by atoms with van der Waals surface area (Å²) in [6.45, 7) is 0. The van der Waals surface area contributed by atoms with Gasteiger partial charge in [0.15, 0.2) is 0 Å². The van der Waals surface area contributed by atoms with Crippen molar-refractivity contribution >= 4 is 5.97 Å². The molecule has 1 radical (unpaired) electrons. The van der Waals surface area contributed by atoms with Crippen LogP contribution >= 0.6 is 0 Å². The molecule has 1 saturated heterocycles. The minimum atomic E-state index is -0.103. The fraction of sp³-hybridized carbons (Fsp3) is 0.714. The minimum Gasteiger partial charge on any atom is -0.462 e. The lowest BCUT2D eigenvalue weighted by Crippen LogP contribution is -2.22. The van der Waals surface area contributed by atoms with Crippen LogP contribution in [0.25, 0.3) is 0 Å². The van der Waals surface area contributed by atoms with Gasteiger partial charge in [-0.05, 0) is 25.2 Å². The van der Waals surface area contributed by atoms with Gasteiger partial charge in [0.05, 0.1) is 6.42 Å². The van der Waals surface area contributed by atoms with Gasteiger partial charge < -0.3 is 4.74 Å². The zero-order valence-electron chi connectivity index (χ0n) is 5.17. The number of fused-ring (bicyclic) bond motifs is 2. The van der Waals surface area contributed by atoms with E-state index in [2.05, 4.69) is 0 Å². The summed E-state index contributed by atoms with van der Waals surface area (Å²) in [5.41, 5.74) is 0. The maximum Gasteiger partial charge on any atom is 0.310 e. The predicted molar refractivity (Wildman–Crippen MR) is 31.5 cm³/mol. The van der Waals surface area contributed by atoms with Gasteiger partial charge in [-0.2, -0.15) is 0 Å². The molecule has 1 saturated carbocycles. The van der Waals surface area contributed by atoms with E-state index in [4.69, 9.17) is 4.74 Å². The molecular formula is C7H9O2. The van der Waals surface area contributed by atoms with Crippen molar-refractivity contribution in [1.29, 1.82) is 0 Å². The Bertz CT molecular complexity index is 128. The molecule has 49 valence electrons. The normalized spacial score (nSPS) is 40.7. The third-order valence-electron chi connectivity index (χ3n) is 2.08. The molecular weight excluding hydrogens is 116 g/mol. The van der Waals surface area contributed by atoms with Gasteiger partial charge >= 0.3 is 5.97 Å². The maximum absolute atomic E-state index is 10.6. The molecule has 0 aromatic heterocycles. The summed E-state index contributed by atoms with van der Waals surface area (Å²) in [6, 6.07) is 0. The fourth-order valence-corrected chi connectivity index (χ4v) is 1.63. The molecule has 0 spiro atoms. The molecule has 2 fully saturated rings. The highest BCUT2D eigenvalue weighted by atomic mass is 16.5. The summed E-state index contributed by atoms with van der Waals surface area (Å²) in [6.07, 6.45) is 5.27. The molecule has 2 unspecified atom stereocenters. The standard InChI is InChI=1S/C7H9O2/c8-7-4-5-1-2-6(3-5)9-7/h4-6H,1-3H2. The van der Waals surface area contributed by atoms with Crippen LogP contribution in [-0.2, 0) is 9.53 Å². The van der Waals surface area contributed by atoms with Crippen molar-refractivity contribution < 1.29 is 9.53 Å². The Balaban J connectivity index is 2.11. The quantitative estimate of drug-likeness (QED) is 0.450. The van der Waals surface area contributed by atoms with Gasteiger partial charge in [-0.3, -0.25) is 4.79 Å². The SMILES string of the molecule is O=C1[CH]C2CCC(C2)O1. The van der Waals surface area contributed by atoms with E-state index in [9.17, 15) is 4.79 Å². The van der Waals surface area contributed by atoms with Crippen LogP contribution < -0.4 is 0 Å². The highest BCUT2D eigenvalue weighted by Crippen LogP contribution is 2.34. The lowest BCUT2D eigenvalue weighted by atomic mass is 10.0. The highest BCUT2D eigenvalue weighted by Gasteiger charge is 2.34. The molecule has 1 heterocycles. The van der Waals surface area contributed by atoms with E-state index in [1.165, 1.54) is 0 Å². The molecule has 2 nitrogen and oxygen atoms in total. The van der Waals surface area contributed by atoms with E-state index >= 15 is 0 Å². The van der Waals surface area contributed by atoms with E-state index in [0.717, 1.165) is 19.3 Å². The molecule has 2 rings (SSSR count). The molecule has 2 heteroatoms. The Morgan fingerprint density at radius 2 is 2.44 bits per heavy atom. The summed E-state index contributed by atoms with van der Waals surface area (Å²) in [4.78, 5) is 10.6. The van der Waals surface area contributed by atoms with Crippen molar-refractivity contribution in [3.8, 4) is 0 Å². The summed E-state index contributed by atoms with van der Waals surface area (Å²) >= 11 is 0. The van der Waals surface area contributed by atoms with Crippen LogP contribution in [0.2, 0.25) is 0 Å². The topological polar surface area (TPSA) is 26.3 Å². The molecule has 0 aromatic rings. The van der Waals surface area contributed by atoms with Crippen LogP contribution in [0.15, 0.2) is 0 Å². The summed E-state index contributed by atoms with van der Waals surface area (Å²) in [7, 11) is 0. The van der Waals surface area contributed by atoms with E-state index in [1.54, 1.807) is 6.42 Å². The van der Waals surface area contributed by atoms with Crippen molar-refractivity contribution in [3.63, 3.8) is 0 Å². The predicted octanol–water partition coefficient (Wildman–Crippen LogP) is 0.916. The monoisotopic (exact) mass is 125 g/mol. The highest BCUT2D eigenvalue weighted by molar-refractivity contribution is 5.80. The van der Waals surface area contributed by atoms with Crippen LogP contribution in [-0.4, -0.2) is 12.1 Å². The Morgan fingerprint density at radius 1 is 1.56 bits per heavy atom. The zero-order valence-corrected chi connectivity index (χ0v) is 5.17. The van der Waals surface area contributed by atoms with E-state index in [0.29, 0.717) is 5.92 Å². The first-order valence-electron chi connectivity index (χ1n) is 3.40. The zero-order chi connectivity index (χ0) is 6.27. The van der Waals surface area contributed by atoms with Gasteiger partial charge in [-0.15, -0.1) is 0 Å². The third-order valence-corrected chi connectivity index (χ3v) is 2.08. The van der Waals surface area contributed by atoms with Gasteiger partial charge in [0.25, 0.3) is 0 Å².